The summed E-state index contributed by atoms with van der Waals surface area (Å²) in [6.45, 7) is 14.7. The molecule has 9 aromatic carbocycles. The number of nitro benzene ring substituents is 1. The fourth-order valence-corrected chi connectivity index (χ4v) is 15.0. The molecule has 4 saturated heterocycles. The molecule has 4 aliphatic rings. The predicted octanol–water partition coefficient (Wildman–Crippen LogP) is 14.2. The molecule has 8 N–H and O–H groups in total. The van der Waals surface area contributed by atoms with E-state index in [-0.39, 0.29) is 107 Å². The minimum atomic E-state index is -0.514. The third-order valence-electron chi connectivity index (χ3n) is 21.2. The Bertz CT molecular complexity index is 4210. The number of ketones is 1. The fraction of sp³-hybridized carbons (Fsp3) is 0.337. The van der Waals surface area contributed by atoms with Crippen molar-refractivity contribution < 1.29 is 33.3 Å². The Morgan fingerprint density at radius 1 is 0.425 bits per heavy atom. The Morgan fingerprint density at radius 2 is 0.755 bits per heavy atom. The van der Waals surface area contributed by atoms with E-state index in [1.807, 2.05) is 185 Å². The highest BCUT2D eigenvalue weighted by Gasteiger charge is 2.35. The Kier molecular flexibility index (Phi) is 29.7. The van der Waals surface area contributed by atoms with Gasteiger partial charge in [0.1, 0.15) is 5.82 Å². The summed E-state index contributed by atoms with van der Waals surface area (Å²) < 4.78 is 13.5. The van der Waals surface area contributed by atoms with E-state index in [1.54, 1.807) is 30.3 Å². The van der Waals surface area contributed by atoms with Crippen LogP contribution in [0.2, 0.25) is 0 Å². The van der Waals surface area contributed by atoms with Crippen LogP contribution in [0.3, 0.4) is 0 Å². The lowest BCUT2D eigenvalue weighted by Crippen LogP contribution is -2.49. The molecule has 0 saturated carbocycles. The second-order valence-corrected chi connectivity index (χ2v) is 28.1. The van der Waals surface area contributed by atoms with Crippen LogP contribution in [-0.4, -0.2) is 111 Å². The molecule has 9 aromatic rings. The molecule has 0 spiro atoms. The zero-order valence-corrected chi connectivity index (χ0v) is 61.3. The molecular weight excluding hydrogens is 1330 g/mol. The second-order valence-electron chi connectivity index (χ2n) is 28.1. The molecule has 0 bridgehead atoms. The summed E-state index contributed by atoms with van der Waals surface area (Å²) in [4.78, 5) is 75.1. The molecule has 12 unspecified atom stereocenters. The fourth-order valence-electron chi connectivity index (χ4n) is 15.0. The molecule has 0 aromatic heterocycles. The molecule has 4 heterocycles. The maximum absolute atomic E-state index is 13.5. The predicted molar refractivity (Wildman–Crippen MR) is 420 cm³/mol. The van der Waals surface area contributed by atoms with E-state index >= 15 is 0 Å². The molecule has 0 aliphatic carbocycles. The highest BCUT2D eigenvalue weighted by atomic mass is 19.1. The molecule has 4 aliphatic heterocycles. The summed E-state index contributed by atoms with van der Waals surface area (Å²) in [5, 5.41) is 37.5. The highest BCUT2D eigenvalue weighted by Crippen LogP contribution is 2.33. The van der Waals surface area contributed by atoms with Gasteiger partial charge in [-0.1, -0.05) is 237 Å². The molecule has 552 valence electrons. The highest BCUT2D eigenvalue weighted by molar-refractivity contribution is 6.00. The Hall–Kier alpha value is -10.3. The third kappa shape index (κ3) is 22.1. The Balaban J connectivity index is 0.000000152. The molecule has 12 atom stereocenters. The van der Waals surface area contributed by atoms with E-state index in [9.17, 15) is 38.5 Å². The molecule has 106 heavy (non-hydrogen) atoms. The normalized spacial score (nSPS) is 20.8. The minimum Gasteiger partial charge on any atom is -0.352 e. The van der Waals surface area contributed by atoms with Gasteiger partial charge in [0.15, 0.2) is 5.78 Å². The van der Waals surface area contributed by atoms with E-state index in [0.717, 1.165) is 118 Å². The van der Waals surface area contributed by atoms with Crippen molar-refractivity contribution >= 4 is 35.1 Å². The van der Waals surface area contributed by atoms with Gasteiger partial charge in [-0.2, -0.15) is 0 Å². The first-order valence-corrected chi connectivity index (χ1v) is 37.6. The van der Waals surface area contributed by atoms with Gasteiger partial charge in [-0.25, -0.2) is 4.39 Å². The summed E-state index contributed by atoms with van der Waals surface area (Å²) in [5.41, 5.74) is 10.2. The Morgan fingerprint density at radius 3 is 1.14 bits per heavy atom. The van der Waals surface area contributed by atoms with Crippen LogP contribution in [0.15, 0.2) is 255 Å². The molecule has 4 amide bonds. The standard InChI is InChI=1S/C27H28N2O2.C22H27FN2O.C20H23N3O3.C20H24N2O/c30-26(22-14-8-3-9-15-22)18-23(20-10-4-1-5-11-20)27(31)29-25-16-17-28-19-24(25)21-12-6-2-7-13-21;1-3-18(16-7-5-4-6-8-16)22(26)25-21-11-12-24-14-20(21)19-10-9-17(23)13-15(19)2;1-14(15-7-9-17(10-8-15)23(25)26)20(24)22-19-11-12-21-13-18(19)16-5-3-2-4-6-16;1-15(16-8-4-2-5-9-16)20(23)22-19-12-13-21-14-18(19)17-10-6-3-7-11-17/h1-15,23-25,28H,16-19H2,(H,29,31);4-10,13,18,20-21,24H,3,11-12,14H2,1-2H3,(H,25,26);2-10,14,18-19,21H,11-13H2,1H3,(H,22,24);2-11,15,18-19,21H,12-14H2,1H3,(H,22,23). The van der Waals surface area contributed by atoms with Crippen LogP contribution >= 0.6 is 0 Å². The number of rotatable bonds is 21. The maximum atomic E-state index is 13.5. The summed E-state index contributed by atoms with van der Waals surface area (Å²) in [6.07, 6.45) is 4.49. The van der Waals surface area contributed by atoms with Gasteiger partial charge >= 0.3 is 0 Å². The zero-order chi connectivity index (χ0) is 74.6. The summed E-state index contributed by atoms with van der Waals surface area (Å²) in [5.74, 6) is -0.378. The first-order chi connectivity index (χ1) is 51.6. The van der Waals surface area contributed by atoms with Gasteiger partial charge in [0, 0.05) is 98.1 Å². The van der Waals surface area contributed by atoms with Gasteiger partial charge in [-0.05, 0) is 141 Å². The molecular formula is C89H102FN9O7. The second kappa shape index (κ2) is 40.3. The third-order valence-corrected chi connectivity index (χ3v) is 21.2. The van der Waals surface area contributed by atoms with Gasteiger partial charge in [0.25, 0.3) is 5.69 Å². The van der Waals surface area contributed by atoms with Gasteiger partial charge in [-0.15, -0.1) is 0 Å². The number of nitro groups is 1. The van der Waals surface area contributed by atoms with Gasteiger partial charge in [-0.3, -0.25) is 34.1 Å². The first-order valence-electron chi connectivity index (χ1n) is 37.6. The van der Waals surface area contributed by atoms with Crippen molar-refractivity contribution in [2.24, 2.45) is 0 Å². The smallest absolute Gasteiger partial charge is 0.269 e. The van der Waals surface area contributed by atoms with E-state index < -0.39 is 10.8 Å². The number of nitrogens with zero attached hydrogens (tertiary/aromatic N) is 1. The van der Waals surface area contributed by atoms with Crippen LogP contribution in [0.1, 0.15) is 167 Å². The SMILES string of the molecule is CC(C(=O)NC1CCNCC1c1ccccc1)c1ccc([N+](=O)[O-])cc1.CC(C(=O)NC1CCNCC1c1ccccc1)c1ccccc1.CCC(C(=O)NC1CCNCC1c1ccc(F)cc1C)c1ccccc1.O=C(CC(C(=O)NC1CCNCC1c1ccccc1)c1ccccc1)c1ccccc1. The quantitative estimate of drug-likeness (QED) is 0.0192. The number of non-ortho nitro benzene ring substituents is 1. The number of aryl methyl sites for hydroxylation is 1. The number of benzene rings is 9. The van der Waals surface area contributed by atoms with Crippen molar-refractivity contribution in [1.29, 1.82) is 0 Å². The van der Waals surface area contributed by atoms with Crippen LogP contribution in [-0.2, 0) is 19.2 Å². The number of carbonyl (C=O) groups excluding carboxylic acids is 5. The summed E-state index contributed by atoms with van der Waals surface area (Å²) in [6, 6.07) is 81.2. The van der Waals surface area contributed by atoms with E-state index in [1.165, 1.54) is 34.9 Å². The lowest BCUT2D eigenvalue weighted by Gasteiger charge is -2.35. The molecule has 13 rings (SSSR count). The average molecular weight is 1430 g/mol. The molecule has 0 radical (unpaired) electrons. The largest absolute Gasteiger partial charge is 0.352 e. The van der Waals surface area contributed by atoms with Gasteiger partial charge in [0.2, 0.25) is 23.6 Å². The van der Waals surface area contributed by atoms with Crippen LogP contribution < -0.4 is 42.5 Å². The molecule has 4 fully saturated rings. The van der Waals surface area contributed by atoms with Crippen LogP contribution in [0.4, 0.5) is 10.1 Å². The summed E-state index contributed by atoms with van der Waals surface area (Å²) in [7, 11) is 0. The number of hydrogen-bond acceptors (Lipinski definition) is 11. The number of Topliss-reactive ketones (excluding diaryl/α,β-unsaturated/α-hetero) is 1. The monoisotopic (exact) mass is 1430 g/mol. The average Bonchev–Trinajstić information content (AvgIpc) is 0.833. The van der Waals surface area contributed by atoms with Crippen molar-refractivity contribution in [2.75, 3.05) is 52.4 Å². The molecule has 17 heteroatoms. The van der Waals surface area contributed by atoms with Crippen molar-refractivity contribution in [3.8, 4) is 0 Å². The number of hydrogen-bond donors (Lipinski definition) is 8. The maximum Gasteiger partial charge on any atom is 0.269 e. The van der Waals surface area contributed by atoms with Crippen molar-refractivity contribution in [3.63, 3.8) is 0 Å². The van der Waals surface area contributed by atoms with Crippen LogP contribution in [0.25, 0.3) is 0 Å². The van der Waals surface area contributed by atoms with E-state index in [2.05, 4.69) is 91.1 Å². The number of carbonyl (C=O) groups is 5. The van der Waals surface area contributed by atoms with Gasteiger partial charge in [0.05, 0.1) is 28.6 Å². The zero-order valence-electron chi connectivity index (χ0n) is 61.3. The lowest BCUT2D eigenvalue weighted by molar-refractivity contribution is -0.384. The minimum absolute atomic E-state index is 0.0190. The Labute approximate surface area is 624 Å². The summed E-state index contributed by atoms with van der Waals surface area (Å²) >= 11 is 0. The van der Waals surface area contributed by atoms with Crippen molar-refractivity contribution in [2.45, 2.75) is 138 Å². The van der Waals surface area contributed by atoms with Crippen molar-refractivity contribution in [1.82, 2.24) is 42.5 Å². The van der Waals surface area contributed by atoms with E-state index in [4.69, 9.17) is 0 Å². The number of nitrogens with one attached hydrogen (secondary N) is 8. The van der Waals surface area contributed by atoms with Crippen LogP contribution in [0.5, 0.6) is 0 Å². The molecule has 16 nitrogen and oxygen atoms in total. The lowest BCUT2D eigenvalue weighted by atomic mass is 9.84. The number of piperidine rings is 4. The number of halogens is 1. The van der Waals surface area contributed by atoms with Gasteiger partial charge < -0.3 is 42.5 Å². The van der Waals surface area contributed by atoms with Crippen LogP contribution in [0, 0.1) is 22.9 Å². The topological polar surface area (TPSA) is 225 Å². The first kappa shape index (κ1) is 78.3. The van der Waals surface area contributed by atoms with E-state index in [0.29, 0.717) is 11.5 Å². The van der Waals surface area contributed by atoms with Crippen molar-refractivity contribution in [3.05, 3.63) is 326 Å². The number of amides is 4.